The van der Waals surface area contributed by atoms with Crippen molar-refractivity contribution < 1.29 is 14.7 Å². The number of benzene rings is 1. The zero-order valence-corrected chi connectivity index (χ0v) is 13.3. The fourth-order valence-corrected chi connectivity index (χ4v) is 3.78. The largest absolute Gasteiger partial charge is 0.480 e. The van der Waals surface area contributed by atoms with Gasteiger partial charge in [0.1, 0.15) is 5.54 Å². The molecule has 1 amide bonds. The lowest BCUT2D eigenvalue weighted by atomic mass is 9.91. The van der Waals surface area contributed by atoms with Gasteiger partial charge in [-0.25, -0.2) is 4.79 Å². The molecule has 1 aliphatic heterocycles. The topological polar surface area (TPSA) is 66.4 Å². The molecule has 0 spiro atoms. The van der Waals surface area contributed by atoms with Gasteiger partial charge < -0.3 is 10.4 Å². The minimum Gasteiger partial charge on any atom is -0.480 e. The molecule has 2 N–H and O–H groups in total. The SMILES string of the molecule is Cc1ccc(C)c(CC(=O)NC2(C(=O)O)CCSCC2)c1. The third kappa shape index (κ3) is 3.79. The summed E-state index contributed by atoms with van der Waals surface area (Å²) < 4.78 is 0. The maximum atomic E-state index is 12.3. The van der Waals surface area contributed by atoms with Crippen LogP contribution in [-0.2, 0) is 16.0 Å². The van der Waals surface area contributed by atoms with Crippen LogP contribution in [0.5, 0.6) is 0 Å². The highest BCUT2D eigenvalue weighted by Gasteiger charge is 2.41. The van der Waals surface area contributed by atoms with Crippen molar-refractivity contribution in [2.24, 2.45) is 0 Å². The molecule has 1 heterocycles. The van der Waals surface area contributed by atoms with Crippen LogP contribution in [0.15, 0.2) is 18.2 Å². The Hall–Kier alpha value is -1.49. The van der Waals surface area contributed by atoms with E-state index in [0.717, 1.165) is 28.2 Å². The van der Waals surface area contributed by atoms with Gasteiger partial charge in [0.25, 0.3) is 0 Å². The molecule has 114 valence electrons. The standard InChI is InChI=1S/C16H21NO3S/c1-11-3-4-12(2)13(9-11)10-14(18)17-16(15(19)20)5-7-21-8-6-16/h3-4,9H,5-8,10H2,1-2H3,(H,17,18)(H,19,20). The minimum absolute atomic E-state index is 0.210. The molecular formula is C16H21NO3S. The summed E-state index contributed by atoms with van der Waals surface area (Å²) in [4.78, 5) is 23.8. The summed E-state index contributed by atoms with van der Waals surface area (Å²) in [6.07, 6.45) is 1.22. The molecule has 0 bridgehead atoms. The van der Waals surface area contributed by atoms with Gasteiger partial charge in [-0.2, -0.15) is 11.8 Å². The van der Waals surface area contributed by atoms with Gasteiger partial charge in [0.15, 0.2) is 0 Å². The normalized spacial score (nSPS) is 17.2. The summed E-state index contributed by atoms with van der Waals surface area (Å²) in [6, 6.07) is 5.98. The smallest absolute Gasteiger partial charge is 0.329 e. The predicted octanol–water partition coefficient (Wildman–Crippen LogP) is 2.31. The number of hydrogen-bond donors (Lipinski definition) is 2. The molecule has 1 fully saturated rings. The Morgan fingerprint density at radius 3 is 2.57 bits per heavy atom. The second kappa shape index (κ2) is 6.52. The molecule has 0 atom stereocenters. The summed E-state index contributed by atoms with van der Waals surface area (Å²) in [6.45, 7) is 3.95. The maximum absolute atomic E-state index is 12.3. The van der Waals surface area contributed by atoms with Crippen LogP contribution in [0.1, 0.15) is 29.5 Å². The Balaban J connectivity index is 2.09. The van der Waals surface area contributed by atoms with Gasteiger partial charge in [0.05, 0.1) is 6.42 Å². The Morgan fingerprint density at radius 1 is 1.29 bits per heavy atom. The van der Waals surface area contributed by atoms with E-state index in [0.29, 0.717) is 12.8 Å². The van der Waals surface area contributed by atoms with E-state index in [1.165, 1.54) is 0 Å². The van der Waals surface area contributed by atoms with Gasteiger partial charge in [-0.15, -0.1) is 0 Å². The molecule has 0 aliphatic carbocycles. The first-order valence-corrected chi connectivity index (χ1v) is 8.27. The van der Waals surface area contributed by atoms with Crippen LogP contribution < -0.4 is 5.32 Å². The van der Waals surface area contributed by atoms with E-state index >= 15 is 0 Å². The second-order valence-corrected chi connectivity index (χ2v) is 6.88. The van der Waals surface area contributed by atoms with Crippen molar-refractivity contribution in [3.8, 4) is 0 Å². The molecule has 21 heavy (non-hydrogen) atoms. The summed E-state index contributed by atoms with van der Waals surface area (Å²) in [5.74, 6) is 0.418. The molecule has 1 aromatic rings. The van der Waals surface area contributed by atoms with Gasteiger partial charge in [0, 0.05) is 0 Å². The van der Waals surface area contributed by atoms with Crippen molar-refractivity contribution in [2.45, 2.75) is 38.6 Å². The summed E-state index contributed by atoms with van der Waals surface area (Å²) >= 11 is 1.74. The van der Waals surface area contributed by atoms with Crippen molar-refractivity contribution in [2.75, 3.05) is 11.5 Å². The maximum Gasteiger partial charge on any atom is 0.329 e. The first-order chi connectivity index (χ1) is 9.93. The molecule has 0 saturated carbocycles. The first kappa shape index (κ1) is 15.9. The number of amides is 1. The number of carboxylic acids is 1. The monoisotopic (exact) mass is 307 g/mol. The Bertz CT molecular complexity index is 550. The summed E-state index contributed by atoms with van der Waals surface area (Å²) in [5.41, 5.74) is 2.03. The van der Waals surface area contributed by atoms with E-state index < -0.39 is 11.5 Å². The first-order valence-electron chi connectivity index (χ1n) is 7.11. The number of hydrogen-bond acceptors (Lipinski definition) is 3. The Morgan fingerprint density at radius 2 is 1.95 bits per heavy atom. The molecule has 0 unspecified atom stereocenters. The van der Waals surface area contributed by atoms with Crippen LogP contribution >= 0.6 is 11.8 Å². The number of rotatable bonds is 4. The number of nitrogens with one attached hydrogen (secondary N) is 1. The summed E-state index contributed by atoms with van der Waals surface area (Å²) in [7, 11) is 0. The molecule has 2 rings (SSSR count). The zero-order chi connectivity index (χ0) is 15.5. The lowest BCUT2D eigenvalue weighted by Gasteiger charge is -2.33. The average Bonchev–Trinajstić information content (AvgIpc) is 2.43. The third-order valence-electron chi connectivity index (χ3n) is 3.99. The molecule has 0 radical (unpaired) electrons. The number of aryl methyl sites for hydroxylation is 2. The molecule has 0 aromatic heterocycles. The molecule has 1 saturated heterocycles. The van der Waals surface area contributed by atoms with E-state index in [9.17, 15) is 14.7 Å². The molecule has 1 aliphatic rings. The lowest BCUT2D eigenvalue weighted by molar-refractivity contribution is -0.148. The van der Waals surface area contributed by atoms with Crippen LogP contribution in [0, 0.1) is 13.8 Å². The number of thioether (sulfide) groups is 1. The number of carboxylic acid groups (broad SMARTS) is 1. The average molecular weight is 307 g/mol. The highest BCUT2D eigenvalue weighted by atomic mass is 32.2. The number of carbonyl (C=O) groups excluding carboxylic acids is 1. The van der Waals surface area contributed by atoms with E-state index in [4.69, 9.17) is 0 Å². The Kier molecular flexibility index (Phi) is 4.93. The van der Waals surface area contributed by atoms with Crippen LogP contribution in [-0.4, -0.2) is 34.0 Å². The highest BCUT2D eigenvalue weighted by Crippen LogP contribution is 2.27. The lowest BCUT2D eigenvalue weighted by Crippen LogP contribution is -2.56. The van der Waals surface area contributed by atoms with Gasteiger partial charge in [-0.3, -0.25) is 4.79 Å². The highest BCUT2D eigenvalue weighted by molar-refractivity contribution is 7.99. The van der Waals surface area contributed by atoms with Gasteiger partial charge in [-0.05, 0) is 49.3 Å². The van der Waals surface area contributed by atoms with Crippen LogP contribution in [0.25, 0.3) is 0 Å². The van der Waals surface area contributed by atoms with E-state index in [2.05, 4.69) is 5.32 Å². The number of aliphatic carboxylic acids is 1. The quantitative estimate of drug-likeness (QED) is 0.896. The van der Waals surface area contributed by atoms with Crippen LogP contribution in [0.2, 0.25) is 0 Å². The van der Waals surface area contributed by atoms with Crippen molar-refractivity contribution in [1.29, 1.82) is 0 Å². The molecule has 5 heteroatoms. The third-order valence-corrected chi connectivity index (χ3v) is 4.98. The fraction of sp³-hybridized carbons (Fsp3) is 0.500. The van der Waals surface area contributed by atoms with Crippen LogP contribution in [0.3, 0.4) is 0 Å². The molecule has 1 aromatic carbocycles. The summed E-state index contributed by atoms with van der Waals surface area (Å²) in [5, 5.41) is 12.3. The molecule has 4 nitrogen and oxygen atoms in total. The van der Waals surface area contributed by atoms with E-state index in [1.54, 1.807) is 11.8 Å². The van der Waals surface area contributed by atoms with Gasteiger partial charge in [-0.1, -0.05) is 23.8 Å². The van der Waals surface area contributed by atoms with Gasteiger partial charge in [0.2, 0.25) is 5.91 Å². The Labute approximate surface area is 129 Å². The van der Waals surface area contributed by atoms with Crippen molar-refractivity contribution in [3.63, 3.8) is 0 Å². The van der Waals surface area contributed by atoms with Crippen molar-refractivity contribution in [3.05, 3.63) is 34.9 Å². The van der Waals surface area contributed by atoms with Crippen molar-refractivity contribution in [1.82, 2.24) is 5.32 Å². The zero-order valence-electron chi connectivity index (χ0n) is 12.4. The van der Waals surface area contributed by atoms with Crippen LogP contribution in [0.4, 0.5) is 0 Å². The second-order valence-electron chi connectivity index (χ2n) is 5.65. The minimum atomic E-state index is -1.08. The van der Waals surface area contributed by atoms with E-state index in [1.807, 2.05) is 32.0 Å². The fourth-order valence-electron chi connectivity index (χ4n) is 2.59. The predicted molar refractivity (Wildman–Crippen MR) is 84.7 cm³/mol. The van der Waals surface area contributed by atoms with Crippen molar-refractivity contribution >= 4 is 23.6 Å². The van der Waals surface area contributed by atoms with E-state index in [-0.39, 0.29) is 12.3 Å². The van der Waals surface area contributed by atoms with Gasteiger partial charge >= 0.3 is 5.97 Å². The number of carbonyl (C=O) groups is 2. The molecular weight excluding hydrogens is 286 g/mol.